The van der Waals surface area contributed by atoms with E-state index in [1.165, 1.54) is 28.9 Å². The summed E-state index contributed by atoms with van der Waals surface area (Å²) in [6, 6.07) is 12.1. The van der Waals surface area contributed by atoms with Gasteiger partial charge in [-0.25, -0.2) is 13.9 Å². The summed E-state index contributed by atoms with van der Waals surface area (Å²) in [5, 5.41) is 13.5. The number of rotatable bonds is 3. The predicted octanol–water partition coefficient (Wildman–Crippen LogP) is 5.04. The van der Waals surface area contributed by atoms with Crippen LogP contribution in [0.1, 0.15) is 0 Å². The molecule has 1 heterocycles. The third kappa shape index (κ3) is 3.50. The summed E-state index contributed by atoms with van der Waals surface area (Å²) in [6.07, 6.45) is -1.51. The number of hydrogen-bond donors (Lipinski definition) is 1. The Labute approximate surface area is 145 Å². The van der Waals surface area contributed by atoms with E-state index in [0.29, 0.717) is 22.0 Å². The van der Waals surface area contributed by atoms with Gasteiger partial charge in [-0.1, -0.05) is 29.3 Å². The van der Waals surface area contributed by atoms with E-state index in [-0.39, 0.29) is 10.9 Å². The van der Waals surface area contributed by atoms with Gasteiger partial charge in [0.25, 0.3) is 0 Å². The Morgan fingerprint density at radius 2 is 1.92 bits per heavy atom. The maximum Gasteiger partial charge on any atom is 0.512 e. The number of benzene rings is 2. The smallest absolute Gasteiger partial charge is 0.449 e. The normalized spacial score (nSPS) is 10.6. The van der Waals surface area contributed by atoms with E-state index < -0.39 is 12.0 Å². The molecule has 2 aromatic carbocycles. The van der Waals surface area contributed by atoms with Gasteiger partial charge in [0, 0.05) is 21.7 Å². The van der Waals surface area contributed by atoms with Gasteiger partial charge in [0.1, 0.15) is 5.82 Å². The van der Waals surface area contributed by atoms with Crippen LogP contribution in [0.15, 0.2) is 48.5 Å². The summed E-state index contributed by atoms with van der Waals surface area (Å²) in [7, 11) is 0. The Morgan fingerprint density at radius 1 is 1.12 bits per heavy atom. The van der Waals surface area contributed by atoms with Crippen LogP contribution >= 0.6 is 23.2 Å². The molecule has 3 rings (SSSR count). The first-order valence-electron chi connectivity index (χ1n) is 6.65. The standard InChI is InChI=1S/C16H9Cl2FN2O3/c17-10-2-1-3-13(7-10)21-14(8-15(20-21)24-16(22)23)9-4-11(18)6-12(19)5-9/h1-8H,(H,22,23). The van der Waals surface area contributed by atoms with Crippen molar-refractivity contribution in [3.8, 4) is 22.8 Å². The van der Waals surface area contributed by atoms with Crippen molar-refractivity contribution in [1.29, 1.82) is 0 Å². The van der Waals surface area contributed by atoms with E-state index in [4.69, 9.17) is 28.3 Å². The molecule has 0 fully saturated rings. The van der Waals surface area contributed by atoms with Gasteiger partial charge in [0.05, 0.1) is 11.4 Å². The number of carbonyl (C=O) groups is 1. The van der Waals surface area contributed by atoms with Gasteiger partial charge in [-0.3, -0.25) is 0 Å². The minimum Gasteiger partial charge on any atom is -0.449 e. The van der Waals surface area contributed by atoms with Crippen molar-refractivity contribution in [1.82, 2.24) is 9.78 Å². The molecule has 0 bridgehead atoms. The molecule has 0 spiro atoms. The van der Waals surface area contributed by atoms with E-state index in [2.05, 4.69) is 9.84 Å². The van der Waals surface area contributed by atoms with Gasteiger partial charge in [-0.2, -0.15) is 0 Å². The highest BCUT2D eigenvalue weighted by Gasteiger charge is 2.16. The topological polar surface area (TPSA) is 64.3 Å². The van der Waals surface area contributed by atoms with Crippen LogP contribution in [0.5, 0.6) is 5.88 Å². The van der Waals surface area contributed by atoms with Crippen molar-refractivity contribution < 1.29 is 19.0 Å². The molecule has 122 valence electrons. The lowest BCUT2D eigenvalue weighted by molar-refractivity contribution is 0.142. The Hall–Kier alpha value is -2.57. The molecule has 24 heavy (non-hydrogen) atoms. The van der Waals surface area contributed by atoms with Gasteiger partial charge in [0.15, 0.2) is 0 Å². The Bertz CT molecular complexity index is 907. The maximum absolute atomic E-state index is 13.7. The summed E-state index contributed by atoms with van der Waals surface area (Å²) < 4.78 is 19.7. The van der Waals surface area contributed by atoms with Gasteiger partial charge < -0.3 is 9.84 Å². The van der Waals surface area contributed by atoms with Crippen molar-refractivity contribution in [2.75, 3.05) is 0 Å². The maximum atomic E-state index is 13.7. The van der Waals surface area contributed by atoms with Gasteiger partial charge in [-0.05, 0) is 36.4 Å². The Kier molecular flexibility index (Phi) is 4.42. The molecule has 5 nitrogen and oxygen atoms in total. The summed E-state index contributed by atoms with van der Waals surface area (Å²) >= 11 is 11.9. The summed E-state index contributed by atoms with van der Waals surface area (Å²) in [5.41, 5.74) is 1.36. The second kappa shape index (κ2) is 6.51. The molecule has 0 amide bonds. The minimum atomic E-state index is -1.51. The number of halogens is 3. The molecular weight excluding hydrogens is 358 g/mol. The lowest BCUT2D eigenvalue weighted by Gasteiger charge is -2.08. The third-order valence-corrected chi connectivity index (χ3v) is 3.54. The monoisotopic (exact) mass is 366 g/mol. The average Bonchev–Trinajstić information content (AvgIpc) is 2.89. The Morgan fingerprint density at radius 3 is 2.58 bits per heavy atom. The second-order valence-electron chi connectivity index (χ2n) is 4.79. The number of hydrogen-bond acceptors (Lipinski definition) is 3. The molecule has 0 aliphatic carbocycles. The predicted molar refractivity (Wildman–Crippen MR) is 87.6 cm³/mol. The fourth-order valence-corrected chi connectivity index (χ4v) is 2.62. The van der Waals surface area contributed by atoms with Crippen LogP contribution < -0.4 is 4.74 Å². The largest absolute Gasteiger partial charge is 0.512 e. The van der Waals surface area contributed by atoms with Crippen LogP contribution in [0.2, 0.25) is 10.0 Å². The van der Waals surface area contributed by atoms with Crippen LogP contribution in [0, 0.1) is 5.82 Å². The van der Waals surface area contributed by atoms with E-state index in [0.717, 1.165) is 0 Å². The second-order valence-corrected chi connectivity index (χ2v) is 5.66. The highest BCUT2D eigenvalue weighted by Crippen LogP contribution is 2.30. The molecule has 0 saturated heterocycles. The summed E-state index contributed by atoms with van der Waals surface area (Å²) in [4.78, 5) is 10.8. The zero-order chi connectivity index (χ0) is 17.3. The van der Waals surface area contributed by atoms with E-state index in [9.17, 15) is 9.18 Å². The zero-order valence-electron chi connectivity index (χ0n) is 11.9. The quantitative estimate of drug-likeness (QED) is 0.659. The van der Waals surface area contributed by atoms with Crippen molar-refractivity contribution in [2.45, 2.75) is 0 Å². The SMILES string of the molecule is O=C(O)Oc1cc(-c2cc(F)cc(Cl)c2)n(-c2cccc(Cl)c2)n1. The summed E-state index contributed by atoms with van der Waals surface area (Å²) in [6.45, 7) is 0. The summed E-state index contributed by atoms with van der Waals surface area (Å²) in [5.74, 6) is -0.685. The lowest BCUT2D eigenvalue weighted by Crippen LogP contribution is -2.04. The Balaban J connectivity index is 2.19. The van der Waals surface area contributed by atoms with Crippen molar-refractivity contribution in [3.05, 3.63) is 64.4 Å². The number of nitrogens with zero attached hydrogens (tertiary/aromatic N) is 2. The van der Waals surface area contributed by atoms with E-state index >= 15 is 0 Å². The first-order chi connectivity index (χ1) is 11.4. The van der Waals surface area contributed by atoms with Crippen molar-refractivity contribution >= 4 is 29.4 Å². The van der Waals surface area contributed by atoms with Crippen LogP contribution in [0.3, 0.4) is 0 Å². The lowest BCUT2D eigenvalue weighted by atomic mass is 10.1. The van der Waals surface area contributed by atoms with Gasteiger partial charge in [-0.15, -0.1) is 5.10 Å². The molecule has 0 saturated carbocycles. The number of aromatic nitrogens is 2. The van der Waals surface area contributed by atoms with E-state index in [1.807, 2.05) is 0 Å². The molecule has 3 aromatic rings. The van der Waals surface area contributed by atoms with Crippen molar-refractivity contribution in [3.63, 3.8) is 0 Å². The third-order valence-electron chi connectivity index (χ3n) is 3.09. The molecule has 0 radical (unpaired) electrons. The first kappa shape index (κ1) is 16.3. The fourth-order valence-electron chi connectivity index (χ4n) is 2.21. The molecule has 0 unspecified atom stereocenters. The highest BCUT2D eigenvalue weighted by atomic mass is 35.5. The highest BCUT2D eigenvalue weighted by molar-refractivity contribution is 6.31. The first-order valence-corrected chi connectivity index (χ1v) is 7.41. The fraction of sp³-hybridized carbons (Fsp3) is 0. The molecule has 0 aliphatic rings. The zero-order valence-corrected chi connectivity index (χ0v) is 13.4. The van der Waals surface area contributed by atoms with Crippen LogP contribution in [0.25, 0.3) is 16.9 Å². The molecule has 1 aromatic heterocycles. The van der Waals surface area contributed by atoms with E-state index in [1.54, 1.807) is 24.3 Å². The van der Waals surface area contributed by atoms with Crippen molar-refractivity contribution in [2.24, 2.45) is 0 Å². The van der Waals surface area contributed by atoms with Gasteiger partial charge in [0.2, 0.25) is 5.88 Å². The number of carboxylic acid groups (broad SMARTS) is 1. The minimum absolute atomic E-state index is 0.155. The molecule has 0 aliphatic heterocycles. The molecule has 1 N–H and O–H groups in total. The van der Waals surface area contributed by atoms with Crippen LogP contribution in [-0.2, 0) is 0 Å². The van der Waals surface area contributed by atoms with Crippen LogP contribution in [0.4, 0.5) is 9.18 Å². The van der Waals surface area contributed by atoms with Crippen LogP contribution in [-0.4, -0.2) is 21.0 Å². The average molecular weight is 367 g/mol. The molecule has 8 heteroatoms. The molecule has 0 atom stereocenters. The van der Waals surface area contributed by atoms with Gasteiger partial charge >= 0.3 is 6.16 Å². The number of ether oxygens (including phenoxy) is 1. The molecular formula is C16H9Cl2FN2O3.